The molecule has 0 aromatic heterocycles. The topological polar surface area (TPSA) is 69.2 Å². The summed E-state index contributed by atoms with van der Waals surface area (Å²) in [7, 11) is 3.08. The van der Waals surface area contributed by atoms with E-state index in [0.717, 1.165) is 22.4 Å². The van der Waals surface area contributed by atoms with Crippen LogP contribution in [-0.2, 0) is 11.4 Å². The first-order valence-electron chi connectivity index (χ1n) is 7.37. The summed E-state index contributed by atoms with van der Waals surface area (Å²) in [5.74, 6) is 1.07. The van der Waals surface area contributed by atoms with Gasteiger partial charge in [0.2, 0.25) is 0 Å². The number of rotatable bonds is 6. The van der Waals surface area contributed by atoms with Crippen molar-refractivity contribution in [3.05, 3.63) is 64.2 Å². The number of amidine groups is 1. The second kappa shape index (κ2) is 8.36. The summed E-state index contributed by atoms with van der Waals surface area (Å²) in [5, 5.41) is 4.68. The molecule has 0 radical (unpaired) electrons. The molecule has 0 saturated heterocycles. The molecule has 2 N–H and O–H groups in total. The van der Waals surface area contributed by atoms with Crippen molar-refractivity contribution >= 4 is 23.1 Å². The molecule has 5 nitrogen and oxygen atoms in total. The SMILES string of the molecule is CN=C(N)C(=NOC)c1ccccc1COc1ccc(Cl)cc1C. The van der Waals surface area contributed by atoms with Gasteiger partial charge in [-0.1, -0.05) is 41.0 Å². The highest BCUT2D eigenvalue weighted by Gasteiger charge is 2.14. The van der Waals surface area contributed by atoms with Gasteiger partial charge in [-0.3, -0.25) is 4.99 Å². The van der Waals surface area contributed by atoms with Crippen molar-refractivity contribution in [3.63, 3.8) is 0 Å². The number of nitrogens with zero attached hydrogens (tertiary/aromatic N) is 2. The van der Waals surface area contributed by atoms with Gasteiger partial charge in [0.25, 0.3) is 0 Å². The first-order valence-corrected chi connectivity index (χ1v) is 7.75. The van der Waals surface area contributed by atoms with E-state index >= 15 is 0 Å². The van der Waals surface area contributed by atoms with Crippen LogP contribution in [0.4, 0.5) is 0 Å². The van der Waals surface area contributed by atoms with Crippen molar-refractivity contribution < 1.29 is 9.57 Å². The lowest BCUT2D eigenvalue weighted by Crippen LogP contribution is -2.26. The molecule has 0 saturated carbocycles. The average molecular weight is 346 g/mol. The molecule has 0 aliphatic rings. The number of oxime groups is 1. The van der Waals surface area contributed by atoms with Crippen LogP contribution < -0.4 is 10.5 Å². The van der Waals surface area contributed by atoms with Gasteiger partial charge in [-0.2, -0.15) is 0 Å². The molecule has 126 valence electrons. The summed E-state index contributed by atoms with van der Waals surface area (Å²) in [6.07, 6.45) is 0. The average Bonchev–Trinajstić information content (AvgIpc) is 2.59. The molecule has 0 amide bonds. The van der Waals surface area contributed by atoms with E-state index in [1.165, 1.54) is 7.11 Å². The zero-order valence-corrected chi connectivity index (χ0v) is 14.7. The lowest BCUT2D eigenvalue weighted by molar-refractivity contribution is 0.214. The van der Waals surface area contributed by atoms with Crippen LogP contribution in [0.3, 0.4) is 0 Å². The molecule has 0 bridgehead atoms. The van der Waals surface area contributed by atoms with Crippen molar-refractivity contribution in [1.82, 2.24) is 0 Å². The fourth-order valence-electron chi connectivity index (χ4n) is 2.24. The predicted molar refractivity (Wildman–Crippen MR) is 98.1 cm³/mol. The molecule has 2 rings (SSSR count). The molecule has 24 heavy (non-hydrogen) atoms. The molecule has 0 spiro atoms. The van der Waals surface area contributed by atoms with Gasteiger partial charge in [-0.25, -0.2) is 0 Å². The Morgan fingerprint density at radius 1 is 1.21 bits per heavy atom. The van der Waals surface area contributed by atoms with E-state index in [1.807, 2.05) is 43.3 Å². The molecular weight excluding hydrogens is 326 g/mol. The monoisotopic (exact) mass is 345 g/mol. The summed E-state index contributed by atoms with van der Waals surface area (Å²) in [6, 6.07) is 13.2. The molecule has 0 aliphatic carbocycles. The van der Waals surface area contributed by atoms with Gasteiger partial charge in [0, 0.05) is 17.6 Å². The van der Waals surface area contributed by atoms with Crippen LogP contribution in [-0.4, -0.2) is 25.7 Å². The fraction of sp³-hybridized carbons (Fsp3) is 0.222. The van der Waals surface area contributed by atoms with Crippen LogP contribution >= 0.6 is 11.6 Å². The largest absolute Gasteiger partial charge is 0.489 e. The van der Waals surface area contributed by atoms with E-state index in [9.17, 15) is 0 Å². The molecular formula is C18H20ClN3O2. The maximum absolute atomic E-state index is 5.97. The smallest absolute Gasteiger partial charge is 0.152 e. The highest BCUT2D eigenvalue weighted by molar-refractivity contribution is 6.47. The third kappa shape index (κ3) is 4.26. The number of hydrogen-bond donors (Lipinski definition) is 1. The molecule has 0 atom stereocenters. The molecule has 2 aromatic carbocycles. The van der Waals surface area contributed by atoms with E-state index in [-0.39, 0.29) is 0 Å². The van der Waals surface area contributed by atoms with Crippen LogP contribution in [0.5, 0.6) is 5.75 Å². The zero-order chi connectivity index (χ0) is 17.5. The van der Waals surface area contributed by atoms with Gasteiger partial charge >= 0.3 is 0 Å². The first kappa shape index (κ1) is 17.8. The minimum absolute atomic E-state index is 0.298. The minimum Gasteiger partial charge on any atom is -0.489 e. The Bertz CT molecular complexity index is 773. The number of hydrogen-bond acceptors (Lipinski definition) is 4. The number of halogens is 1. The predicted octanol–water partition coefficient (Wildman–Crippen LogP) is 3.56. The Labute approximate surface area is 146 Å². The maximum atomic E-state index is 5.97. The number of benzene rings is 2. The van der Waals surface area contributed by atoms with Crippen molar-refractivity contribution in [2.24, 2.45) is 15.9 Å². The van der Waals surface area contributed by atoms with Crippen LogP contribution in [0.25, 0.3) is 0 Å². The normalized spacial score (nSPS) is 12.2. The number of ether oxygens (including phenoxy) is 1. The van der Waals surface area contributed by atoms with E-state index in [0.29, 0.717) is 23.2 Å². The Kier molecular flexibility index (Phi) is 6.21. The standard InChI is InChI=1S/C18H20ClN3O2/c1-12-10-14(19)8-9-16(12)24-11-13-6-4-5-7-15(13)17(22-23-3)18(20)21-2/h4-10H,11H2,1-3H3,(H2,20,21). The third-order valence-electron chi connectivity index (χ3n) is 3.46. The van der Waals surface area contributed by atoms with Gasteiger partial charge < -0.3 is 15.3 Å². The molecule has 0 unspecified atom stereocenters. The summed E-state index contributed by atoms with van der Waals surface area (Å²) in [5.41, 5.74) is 9.13. The molecule has 0 aliphatic heterocycles. The Balaban J connectivity index is 2.30. The van der Waals surface area contributed by atoms with E-state index in [2.05, 4.69) is 10.1 Å². The second-order valence-electron chi connectivity index (χ2n) is 5.09. The molecule has 6 heteroatoms. The van der Waals surface area contributed by atoms with Gasteiger partial charge in [0.05, 0.1) is 0 Å². The minimum atomic E-state index is 0.298. The molecule has 0 heterocycles. The molecule has 0 fully saturated rings. The van der Waals surface area contributed by atoms with Crippen LogP contribution in [0.1, 0.15) is 16.7 Å². The van der Waals surface area contributed by atoms with Gasteiger partial charge in [0.1, 0.15) is 25.3 Å². The van der Waals surface area contributed by atoms with Crippen LogP contribution in [0, 0.1) is 6.92 Å². The Morgan fingerprint density at radius 2 is 1.96 bits per heavy atom. The van der Waals surface area contributed by atoms with Crippen molar-refractivity contribution in [3.8, 4) is 5.75 Å². The maximum Gasteiger partial charge on any atom is 0.152 e. The van der Waals surface area contributed by atoms with Crippen molar-refractivity contribution in [2.45, 2.75) is 13.5 Å². The van der Waals surface area contributed by atoms with Gasteiger partial charge in [-0.15, -0.1) is 0 Å². The summed E-state index contributed by atoms with van der Waals surface area (Å²) in [6.45, 7) is 2.31. The second-order valence-corrected chi connectivity index (χ2v) is 5.52. The number of nitrogens with two attached hydrogens (primary N) is 1. The number of aryl methyl sites for hydroxylation is 1. The summed E-state index contributed by atoms with van der Waals surface area (Å²) >= 11 is 5.97. The Morgan fingerprint density at radius 3 is 2.62 bits per heavy atom. The zero-order valence-electron chi connectivity index (χ0n) is 13.9. The van der Waals surface area contributed by atoms with Crippen LogP contribution in [0.2, 0.25) is 5.02 Å². The van der Waals surface area contributed by atoms with Gasteiger partial charge in [0.15, 0.2) is 5.71 Å². The Hall–Kier alpha value is -2.53. The van der Waals surface area contributed by atoms with E-state index in [1.54, 1.807) is 13.1 Å². The van der Waals surface area contributed by atoms with E-state index < -0.39 is 0 Å². The first-order chi connectivity index (χ1) is 11.6. The highest BCUT2D eigenvalue weighted by Crippen LogP contribution is 2.23. The van der Waals surface area contributed by atoms with E-state index in [4.69, 9.17) is 26.9 Å². The quantitative estimate of drug-likeness (QED) is 0.494. The summed E-state index contributed by atoms with van der Waals surface area (Å²) < 4.78 is 5.93. The lowest BCUT2D eigenvalue weighted by atomic mass is 10.0. The number of aliphatic imine (C=N–C) groups is 1. The van der Waals surface area contributed by atoms with Crippen molar-refractivity contribution in [2.75, 3.05) is 14.2 Å². The van der Waals surface area contributed by atoms with Crippen molar-refractivity contribution in [1.29, 1.82) is 0 Å². The molecule has 2 aromatic rings. The van der Waals surface area contributed by atoms with Gasteiger partial charge in [-0.05, 0) is 36.2 Å². The fourth-order valence-corrected chi connectivity index (χ4v) is 2.47. The summed E-state index contributed by atoms with van der Waals surface area (Å²) in [4.78, 5) is 8.90. The van der Waals surface area contributed by atoms with Crippen LogP contribution in [0.15, 0.2) is 52.6 Å². The lowest BCUT2D eigenvalue weighted by Gasteiger charge is -2.13. The highest BCUT2D eigenvalue weighted by atomic mass is 35.5. The third-order valence-corrected chi connectivity index (χ3v) is 3.69.